The monoisotopic (exact) mass is 478 g/mol. The molecule has 0 spiro atoms. The van der Waals surface area contributed by atoms with Gasteiger partial charge in [0.25, 0.3) is 0 Å². The van der Waals surface area contributed by atoms with Crippen molar-refractivity contribution in [2.24, 2.45) is 0 Å². The Morgan fingerprint density at radius 1 is 0.556 bits per heavy atom. The fourth-order valence-corrected chi connectivity index (χ4v) is 2.79. The van der Waals surface area contributed by atoms with Crippen LogP contribution in [0.3, 0.4) is 0 Å². The van der Waals surface area contributed by atoms with E-state index in [0.29, 0.717) is 22.5 Å². The van der Waals surface area contributed by atoms with Crippen molar-refractivity contribution in [1.82, 2.24) is 0 Å². The minimum atomic E-state index is 0.539. The van der Waals surface area contributed by atoms with Crippen molar-refractivity contribution >= 4 is 22.7 Å². The number of hydrogen-bond acceptors (Lipinski definition) is 6. The molecular formula is C30H34N6. The van der Waals surface area contributed by atoms with Gasteiger partial charge in [0.2, 0.25) is 0 Å². The first-order valence-electron chi connectivity index (χ1n) is 11.2. The van der Waals surface area contributed by atoms with Crippen LogP contribution < -0.4 is 22.9 Å². The molecule has 0 atom stereocenters. The first-order valence-corrected chi connectivity index (χ1v) is 11.2. The predicted octanol–water partition coefficient (Wildman–Crippen LogP) is 6.05. The zero-order valence-electron chi connectivity index (χ0n) is 21.3. The molecule has 6 nitrogen and oxygen atoms in total. The Bertz CT molecular complexity index is 1330. The Kier molecular flexibility index (Phi) is 12.2. The molecule has 4 aromatic rings. The Morgan fingerprint density at radius 3 is 1.58 bits per heavy atom. The number of nitriles is 2. The van der Waals surface area contributed by atoms with E-state index in [9.17, 15) is 0 Å². The molecule has 0 amide bonds. The summed E-state index contributed by atoms with van der Waals surface area (Å²) >= 11 is 0. The number of aryl methyl sites for hydroxylation is 4. The number of anilines is 4. The number of para-hydroxylation sites is 2. The highest BCUT2D eigenvalue weighted by Crippen LogP contribution is 2.14. The molecule has 0 fully saturated rings. The van der Waals surface area contributed by atoms with Gasteiger partial charge in [0.15, 0.2) is 0 Å². The van der Waals surface area contributed by atoms with Crippen molar-refractivity contribution in [3.63, 3.8) is 0 Å². The van der Waals surface area contributed by atoms with Gasteiger partial charge >= 0.3 is 0 Å². The summed E-state index contributed by atoms with van der Waals surface area (Å²) in [4.78, 5) is 0. The van der Waals surface area contributed by atoms with Crippen LogP contribution in [0.4, 0.5) is 22.7 Å². The quantitative estimate of drug-likeness (QED) is 0.226. The summed E-state index contributed by atoms with van der Waals surface area (Å²) in [5, 5.41) is 16.7. The van der Waals surface area contributed by atoms with E-state index in [1.807, 2.05) is 70.2 Å². The molecule has 0 aliphatic heterocycles. The highest BCUT2D eigenvalue weighted by Gasteiger charge is 1.93. The first-order chi connectivity index (χ1) is 17.1. The number of hydrogen-bond donors (Lipinski definition) is 4. The maximum atomic E-state index is 8.39. The highest BCUT2D eigenvalue weighted by molar-refractivity contribution is 5.53. The average molecular weight is 479 g/mol. The normalized spacial score (nSPS) is 8.94. The van der Waals surface area contributed by atoms with Crippen molar-refractivity contribution in [1.29, 1.82) is 10.5 Å². The van der Waals surface area contributed by atoms with Crippen LogP contribution in [0.25, 0.3) is 0 Å². The molecular weight excluding hydrogens is 444 g/mol. The van der Waals surface area contributed by atoms with Crippen LogP contribution in [0.5, 0.6) is 0 Å². The third-order valence-corrected chi connectivity index (χ3v) is 5.07. The van der Waals surface area contributed by atoms with E-state index in [4.69, 9.17) is 33.5 Å². The lowest BCUT2D eigenvalue weighted by Gasteiger charge is -2.00. The largest absolute Gasteiger partial charge is 0.399 e. The van der Waals surface area contributed by atoms with Crippen molar-refractivity contribution in [3.05, 3.63) is 118 Å². The van der Waals surface area contributed by atoms with Gasteiger partial charge in [-0.15, -0.1) is 0 Å². The number of benzene rings is 4. The van der Waals surface area contributed by atoms with Gasteiger partial charge in [0.1, 0.15) is 6.07 Å². The van der Waals surface area contributed by atoms with E-state index >= 15 is 0 Å². The van der Waals surface area contributed by atoms with Crippen molar-refractivity contribution in [3.8, 4) is 12.1 Å². The molecule has 36 heavy (non-hydrogen) atoms. The zero-order chi connectivity index (χ0) is 27.1. The van der Waals surface area contributed by atoms with Gasteiger partial charge in [-0.2, -0.15) is 10.5 Å². The number of nitrogen functional groups attached to an aromatic ring is 4. The lowest BCUT2D eigenvalue weighted by Crippen LogP contribution is -1.91. The van der Waals surface area contributed by atoms with Crippen molar-refractivity contribution in [2.75, 3.05) is 22.9 Å². The summed E-state index contributed by atoms with van der Waals surface area (Å²) in [7, 11) is 0. The van der Waals surface area contributed by atoms with E-state index in [2.05, 4.69) is 6.07 Å². The lowest BCUT2D eigenvalue weighted by molar-refractivity contribution is 1.39. The summed E-state index contributed by atoms with van der Waals surface area (Å²) in [6.07, 6.45) is 0. The highest BCUT2D eigenvalue weighted by atomic mass is 14.6. The molecule has 184 valence electrons. The minimum Gasteiger partial charge on any atom is -0.399 e. The molecule has 0 aromatic heterocycles. The van der Waals surface area contributed by atoms with Crippen LogP contribution in [-0.2, 0) is 0 Å². The van der Waals surface area contributed by atoms with Crippen LogP contribution in [0.15, 0.2) is 84.9 Å². The minimum absolute atomic E-state index is 0.539. The molecule has 0 saturated carbocycles. The molecule has 0 unspecified atom stereocenters. The first kappa shape index (κ1) is 29.1. The fourth-order valence-electron chi connectivity index (χ4n) is 2.79. The van der Waals surface area contributed by atoms with E-state index in [-0.39, 0.29) is 0 Å². The maximum absolute atomic E-state index is 8.39. The molecule has 0 bridgehead atoms. The van der Waals surface area contributed by atoms with E-state index in [1.54, 1.807) is 48.5 Å². The van der Waals surface area contributed by atoms with Gasteiger partial charge in [0.05, 0.1) is 17.2 Å². The van der Waals surface area contributed by atoms with E-state index in [0.717, 1.165) is 28.1 Å². The smallest absolute Gasteiger partial charge is 0.101 e. The van der Waals surface area contributed by atoms with Crippen LogP contribution in [0, 0.1) is 50.4 Å². The predicted molar refractivity (Wildman–Crippen MR) is 152 cm³/mol. The molecule has 0 aliphatic carbocycles. The third kappa shape index (κ3) is 10.3. The van der Waals surface area contributed by atoms with Gasteiger partial charge in [-0.3, -0.25) is 0 Å². The number of nitrogens with two attached hydrogens (primary N) is 4. The van der Waals surface area contributed by atoms with Crippen molar-refractivity contribution < 1.29 is 0 Å². The van der Waals surface area contributed by atoms with Gasteiger partial charge in [-0.1, -0.05) is 48.5 Å². The van der Waals surface area contributed by atoms with Crippen molar-refractivity contribution in [2.45, 2.75) is 27.7 Å². The van der Waals surface area contributed by atoms with Gasteiger partial charge in [0, 0.05) is 22.7 Å². The summed E-state index contributed by atoms with van der Waals surface area (Å²) in [5.74, 6) is 0. The third-order valence-electron chi connectivity index (χ3n) is 5.07. The lowest BCUT2D eigenvalue weighted by atomic mass is 10.1. The Labute approximate surface area is 214 Å². The fraction of sp³-hybridized carbons (Fsp3) is 0.133. The molecule has 6 heteroatoms. The summed E-state index contributed by atoms with van der Waals surface area (Å²) in [5.41, 5.74) is 30.9. The number of rotatable bonds is 0. The van der Waals surface area contributed by atoms with Crippen LogP contribution in [0.2, 0.25) is 0 Å². The summed E-state index contributed by atoms with van der Waals surface area (Å²) in [6.45, 7) is 8.08. The van der Waals surface area contributed by atoms with Crippen LogP contribution in [0.1, 0.15) is 33.4 Å². The maximum Gasteiger partial charge on any atom is 0.101 e. The molecule has 0 aliphatic rings. The second kappa shape index (κ2) is 15.1. The molecule has 0 heterocycles. The molecule has 4 rings (SSSR count). The second-order valence-electron chi connectivity index (χ2n) is 8.10. The molecule has 8 N–H and O–H groups in total. The Morgan fingerprint density at radius 2 is 1.17 bits per heavy atom. The zero-order valence-corrected chi connectivity index (χ0v) is 21.3. The number of nitrogens with zero attached hydrogens (tertiary/aromatic N) is 2. The second-order valence-corrected chi connectivity index (χ2v) is 8.10. The standard InChI is InChI=1S/2C8H11N.2C7H6N2/c1-6-3-4-7(2)8(9)5-6;1-6-4-3-5-7(2)8(6)9;8-5-6-2-1-3-7(9)4-6;8-5-6-3-1-2-4-7(6)9/h2*3-5H,9H2,1-2H3;2*1-4H,9H2. The summed E-state index contributed by atoms with van der Waals surface area (Å²) in [6, 6.07) is 29.9. The molecule has 0 saturated heterocycles. The Hall–Kier alpha value is -4.94. The summed E-state index contributed by atoms with van der Waals surface area (Å²) < 4.78 is 0. The van der Waals surface area contributed by atoms with Gasteiger partial charge < -0.3 is 22.9 Å². The average Bonchev–Trinajstić information content (AvgIpc) is 2.86. The molecule has 4 aromatic carbocycles. The van der Waals surface area contributed by atoms with Gasteiger partial charge in [-0.05, 0) is 86.3 Å². The van der Waals surface area contributed by atoms with E-state index in [1.165, 1.54) is 5.56 Å². The SMILES string of the molecule is Cc1ccc(C)c(N)c1.Cc1cccc(C)c1N.N#Cc1cccc(N)c1.N#Cc1ccccc1N. The van der Waals surface area contributed by atoms with Crippen LogP contribution >= 0.6 is 0 Å². The topological polar surface area (TPSA) is 152 Å². The van der Waals surface area contributed by atoms with Gasteiger partial charge in [-0.25, -0.2) is 0 Å². The molecule has 0 radical (unpaired) electrons. The van der Waals surface area contributed by atoms with Crippen LogP contribution in [-0.4, -0.2) is 0 Å². The Balaban J connectivity index is 0.000000240. The van der Waals surface area contributed by atoms with E-state index < -0.39 is 0 Å².